The third-order valence-electron chi connectivity index (χ3n) is 1.39. The smallest absolute Gasteiger partial charge is 0.187 e. The zero-order valence-electron chi connectivity index (χ0n) is 7.16. The van der Waals surface area contributed by atoms with E-state index in [9.17, 15) is 0 Å². The highest BCUT2D eigenvalue weighted by Gasteiger charge is 1.95. The Morgan fingerprint density at radius 1 is 1.42 bits per heavy atom. The predicted octanol–water partition coefficient (Wildman–Crippen LogP) is 1.09. The number of hydrogen-bond donors (Lipinski definition) is 1. The molecule has 4 heteroatoms. The molecule has 66 valence electrons. The van der Waals surface area contributed by atoms with E-state index < -0.39 is 0 Å². The lowest BCUT2D eigenvalue weighted by Crippen LogP contribution is -2.03. The first-order chi connectivity index (χ1) is 5.86. The third kappa shape index (κ3) is 2.79. The number of thioether (sulfide) groups is 1. The van der Waals surface area contributed by atoms with Crippen LogP contribution in [0.15, 0.2) is 17.6 Å². The minimum Gasteiger partial charge on any atom is -0.330 e. The molecule has 0 aliphatic heterocycles. The quantitative estimate of drug-likeness (QED) is 0.561. The molecule has 0 unspecified atom stereocenters. The van der Waals surface area contributed by atoms with E-state index in [-0.39, 0.29) is 0 Å². The second-order valence-electron chi connectivity index (χ2n) is 2.35. The van der Waals surface area contributed by atoms with Crippen LogP contribution in [-0.4, -0.2) is 22.3 Å². The van der Waals surface area contributed by atoms with Crippen molar-refractivity contribution in [2.45, 2.75) is 18.5 Å². The van der Waals surface area contributed by atoms with Crippen LogP contribution in [0.3, 0.4) is 0 Å². The van der Waals surface area contributed by atoms with Crippen molar-refractivity contribution in [1.82, 2.24) is 9.97 Å². The fourth-order valence-corrected chi connectivity index (χ4v) is 1.36. The summed E-state index contributed by atoms with van der Waals surface area (Å²) in [7, 11) is 0. The van der Waals surface area contributed by atoms with Gasteiger partial charge in [-0.2, -0.15) is 0 Å². The fourth-order valence-electron chi connectivity index (χ4n) is 0.842. The summed E-state index contributed by atoms with van der Waals surface area (Å²) in [6, 6.07) is 0. The molecular weight excluding hydrogens is 170 g/mol. The van der Waals surface area contributed by atoms with E-state index in [1.165, 1.54) is 0 Å². The van der Waals surface area contributed by atoms with Gasteiger partial charge in [0.25, 0.3) is 0 Å². The monoisotopic (exact) mass is 183 g/mol. The molecule has 0 aliphatic rings. The Bertz CT molecular complexity index is 197. The van der Waals surface area contributed by atoms with E-state index in [1.807, 2.05) is 12.4 Å². The molecule has 0 saturated carbocycles. The molecule has 1 aromatic rings. The van der Waals surface area contributed by atoms with Gasteiger partial charge >= 0.3 is 0 Å². The lowest BCUT2D eigenvalue weighted by atomic mass is 10.2. The molecule has 0 amide bonds. The van der Waals surface area contributed by atoms with Crippen molar-refractivity contribution in [3.63, 3.8) is 0 Å². The number of nitrogens with two attached hydrogens (primary N) is 1. The van der Waals surface area contributed by atoms with Gasteiger partial charge in [-0.3, -0.25) is 0 Å². The standard InChI is InChI=1S/C8H13N3S/c1-2-12-8-10-5-7(3-4-9)6-11-8/h5-6H,2-4,9H2,1H3. The van der Waals surface area contributed by atoms with E-state index in [0.717, 1.165) is 22.9 Å². The first-order valence-corrected chi connectivity index (χ1v) is 4.99. The largest absolute Gasteiger partial charge is 0.330 e. The highest BCUT2D eigenvalue weighted by atomic mass is 32.2. The van der Waals surface area contributed by atoms with Crippen molar-refractivity contribution in [3.8, 4) is 0 Å². The Hall–Kier alpha value is -0.610. The van der Waals surface area contributed by atoms with Gasteiger partial charge in [-0.25, -0.2) is 9.97 Å². The lowest BCUT2D eigenvalue weighted by Gasteiger charge is -1.98. The number of nitrogens with zero attached hydrogens (tertiary/aromatic N) is 2. The number of hydrogen-bond acceptors (Lipinski definition) is 4. The summed E-state index contributed by atoms with van der Waals surface area (Å²) in [4.78, 5) is 8.37. The predicted molar refractivity (Wildman–Crippen MR) is 51.2 cm³/mol. The van der Waals surface area contributed by atoms with Gasteiger partial charge in [0.1, 0.15) is 0 Å². The maximum Gasteiger partial charge on any atom is 0.187 e. The van der Waals surface area contributed by atoms with E-state index in [0.29, 0.717) is 6.54 Å². The Labute approximate surface area is 76.8 Å². The Balaban J connectivity index is 2.58. The van der Waals surface area contributed by atoms with Crippen molar-refractivity contribution in [1.29, 1.82) is 0 Å². The van der Waals surface area contributed by atoms with Gasteiger partial charge in [0, 0.05) is 12.4 Å². The van der Waals surface area contributed by atoms with Crippen LogP contribution < -0.4 is 5.73 Å². The van der Waals surface area contributed by atoms with Crippen LogP contribution in [0.2, 0.25) is 0 Å². The average Bonchev–Trinajstić information content (AvgIpc) is 2.09. The first-order valence-electron chi connectivity index (χ1n) is 4.00. The molecule has 0 bridgehead atoms. The Morgan fingerprint density at radius 3 is 2.58 bits per heavy atom. The molecule has 0 radical (unpaired) electrons. The normalized spacial score (nSPS) is 10.2. The van der Waals surface area contributed by atoms with Crippen molar-refractivity contribution < 1.29 is 0 Å². The van der Waals surface area contributed by atoms with Crippen LogP contribution in [0.5, 0.6) is 0 Å². The molecule has 1 heterocycles. The maximum absolute atomic E-state index is 5.40. The van der Waals surface area contributed by atoms with E-state index in [2.05, 4.69) is 16.9 Å². The van der Waals surface area contributed by atoms with Crippen LogP contribution in [0.4, 0.5) is 0 Å². The van der Waals surface area contributed by atoms with Crippen LogP contribution in [-0.2, 0) is 6.42 Å². The average molecular weight is 183 g/mol. The van der Waals surface area contributed by atoms with Gasteiger partial charge in [0.2, 0.25) is 0 Å². The summed E-state index contributed by atoms with van der Waals surface area (Å²) in [6.45, 7) is 2.74. The van der Waals surface area contributed by atoms with Gasteiger partial charge in [-0.15, -0.1) is 0 Å². The molecule has 2 N–H and O–H groups in total. The van der Waals surface area contributed by atoms with Gasteiger partial charge in [0.15, 0.2) is 5.16 Å². The second kappa shape index (κ2) is 5.11. The number of rotatable bonds is 4. The molecule has 1 rings (SSSR count). The molecule has 0 aromatic carbocycles. The van der Waals surface area contributed by atoms with Crippen LogP contribution in [0, 0.1) is 0 Å². The molecule has 3 nitrogen and oxygen atoms in total. The van der Waals surface area contributed by atoms with Gasteiger partial charge in [-0.05, 0) is 24.3 Å². The molecule has 0 saturated heterocycles. The zero-order chi connectivity index (χ0) is 8.81. The van der Waals surface area contributed by atoms with Gasteiger partial charge < -0.3 is 5.73 Å². The van der Waals surface area contributed by atoms with Gasteiger partial charge in [-0.1, -0.05) is 18.7 Å². The highest BCUT2D eigenvalue weighted by molar-refractivity contribution is 7.99. The molecule has 1 aromatic heterocycles. The summed E-state index contributed by atoms with van der Waals surface area (Å²) in [5, 5.41) is 0.846. The summed E-state index contributed by atoms with van der Waals surface area (Å²) in [6.07, 6.45) is 4.55. The van der Waals surface area contributed by atoms with Crippen molar-refractivity contribution in [3.05, 3.63) is 18.0 Å². The topological polar surface area (TPSA) is 51.8 Å². The SMILES string of the molecule is CCSc1ncc(CCN)cn1. The minimum atomic E-state index is 0.656. The van der Waals surface area contributed by atoms with E-state index >= 15 is 0 Å². The molecule has 0 spiro atoms. The summed E-state index contributed by atoms with van der Waals surface area (Å²) in [5.74, 6) is 1.01. The molecular formula is C8H13N3S. The van der Waals surface area contributed by atoms with Gasteiger partial charge in [0.05, 0.1) is 0 Å². The zero-order valence-corrected chi connectivity index (χ0v) is 7.97. The first kappa shape index (κ1) is 9.48. The minimum absolute atomic E-state index is 0.656. The third-order valence-corrected chi connectivity index (χ3v) is 2.15. The number of aromatic nitrogens is 2. The molecule has 0 aliphatic carbocycles. The van der Waals surface area contributed by atoms with Crippen molar-refractivity contribution in [2.75, 3.05) is 12.3 Å². The Morgan fingerprint density at radius 2 is 2.08 bits per heavy atom. The van der Waals surface area contributed by atoms with Crippen LogP contribution >= 0.6 is 11.8 Å². The molecule has 0 atom stereocenters. The van der Waals surface area contributed by atoms with Crippen LogP contribution in [0.25, 0.3) is 0 Å². The molecule has 0 fully saturated rings. The lowest BCUT2D eigenvalue weighted by molar-refractivity contribution is 0.891. The molecule has 12 heavy (non-hydrogen) atoms. The fraction of sp³-hybridized carbons (Fsp3) is 0.500. The van der Waals surface area contributed by atoms with E-state index in [1.54, 1.807) is 11.8 Å². The summed E-state index contributed by atoms with van der Waals surface area (Å²) in [5.41, 5.74) is 6.51. The van der Waals surface area contributed by atoms with Crippen LogP contribution in [0.1, 0.15) is 12.5 Å². The summed E-state index contributed by atoms with van der Waals surface area (Å²) < 4.78 is 0. The van der Waals surface area contributed by atoms with Crippen molar-refractivity contribution >= 4 is 11.8 Å². The highest BCUT2D eigenvalue weighted by Crippen LogP contribution is 2.10. The maximum atomic E-state index is 5.40. The van der Waals surface area contributed by atoms with E-state index in [4.69, 9.17) is 5.73 Å². The van der Waals surface area contributed by atoms with Crippen molar-refractivity contribution in [2.24, 2.45) is 5.73 Å². The Kier molecular flexibility index (Phi) is 4.04. The summed E-state index contributed by atoms with van der Waals surface area (Å²) >= 11 is 1.65. The second-order valence-corrected chi connectivity index (χ2v) is 3.58.